The third-order valence-corrected chi connectivity index (χ3v) is 3.41. The first-order chi connectivity index (χ1) is 8.15. The van der Waals surface area contributed by atoms with Gasteiger partial charge in [-0.15, -0.1) is 0 Å². The van der Waals surface area contributed by atoms with Crippen molar-refractivity contribution in [3.8, 4) is 0 Å². The number of rotatable bonds is 2. The van der Waals surface area contributed by atoms with Crippen LogP contribution in [0.3, 0.4) is 0 Å². The predicted octanol–water partition coefficient (Wildman–Crippen LogP) is 2.69. The molecule has 1 aromatic rings. The third kappa shape index (κ3) is 2.48. The molecule has 0 aliphatic heterocycles. The highest BCUT2D eigenvalue weighted by Gasteiger charge is 2.35. The number of allylic oxidation sites excluding steroid dienone is 2. The van der Waals surface area contributed by atoms with Gasteiger partial charge < -0.3 is 10.3 Å². The molecule has 4 heteroatoms. The Morgan fingerprint density at radius 1 is 1.24 bits per heavy atom. The molecule has 2 atom stereocenters. The Morgan fingerprint density at radius 2 is 1.94 bits per heavy atom. The van der Waals surface area contributed by atoms with E-state index in [-0.39, 0.29) is 0 Å². The maximum Gasteiger partial charge on any atom is 0.150 e. The lowest BCUT2D eigenvalue weighted by Crippen LogP contribution is -2.35. The molecule has 0 amide bonds. The van der Waals surface area contributed by atoms with E-state index in [1.165, 1.54) is 0 Å². The molecular formula is C13H12BrNO2. The summed E-state index contributed by atoms with van der Waals surface area (Å²) in [6.45, 7) is 0. The van der Waals surface area contributed by atoms with Crippen molar-refractivity contribution < 1.29 is 10.3 Å². The molecule has 0 radical (unpaired) electrons. The molecule has 0 heterocycles. The van der Waals surface area contributed by atoms with E-state index in [1.54, 1.807) is 18.2 Å². The average molecular weight is 294 g/mol. The summed E-state index contributed by atoms with van der Waals surface area (Å²) in [6, 6.07) is 9.27. The fourth-order valence-corrected chi connectivity index (χ4v) is 2.32. The Labute approximate surface area is 108 Å². The van der Waals surface area contributed by atoms with Gasteiger partial charge in [-0.3, -0.25) is 0 Å². The van der Waals surface area contributed by atoms with Crippen molar-refractivity contribution in [1.29, 1.82) is 0 Å². The second-order valence-corrected chi connectivity index (χ2v) is 5.07. The van der Waals surface area contributed by atoms with Crippen molar-refractivity contribution in [3.63, 3.8) is 0 Å². The molecular weight excluding hydrogens is 282 g/mol. The lowest BCUT2D eigenvalue weighted by atomic mass is 9.88. The van der Waals surface area contributed by atoms with E-state index in [0.717, 1.165) is 5.56 Å². The molecule has 0 saturated carbocycles. The largest absolute Gasteiger partial charge is 0.411 e. The molecule has 2 N–H and O–H groups in total. The molecule has 88 valence electrons. The number of hydrogen-bond acceptors (Lipinski definition) is 3. The lowest BCUT2D eigenvalue weighted by molar-refractivity contribution is 0.172. The van der Waals surface area contributed by atoms with Crippen molar-refractivity contribution in [1.82, 2.24) is 0 Å². The average Bonchev–Trinajstić information content (AvgIpc) is 2.33. The van der Waals surface area contributed by atoms with Gasteiger partial charge in [-0.1, -0.05) is 53.7 Å². The first kappa shape index (κ1) is 12.1. The third-order valence-electron chi connectivity index (χ3n) is 2.65. The van der Waals surface area contributed by atoms with E-state index < -0.39 is 10.4 Å². The Balaban J connectivity index is 2.39. The highest BCUT2D eigenvalue weighted by atomic mass is 79.9. The predicted molar refractivity (Wildman–Crippen MR) is 70.4 cm³/mol. The van der Waals surface area contributed by atoms with Gasteiger partial charge in [-0.25, -0.2) is 0 Å². The van der Waals surface area contributed by atoms with E-state index in [2.05, 4.69) is 21.1 Å². The summed E-state index contributed by atoms with van der Waals surface area (Å²) < 4.78 is -1.22. The van der Waals surface area contributed by atoms with Crippen LogP contribution in [-0.4, -0.2) is 20.5 Å². The Bertz CT molecular complexity index is 477. The Kier molecular flexibility index (Phi) is 3.45. The highest BCUT2D eigenvalue weighted by Crippen LogP contribution is 2.33. The zero-order valence-electron chi connectivity index (χ0n) is 8.99. The Morgan fingerprint density at radius 3 is 2.53 bits per heavy atom. The molecule has 0 bridgehead atoms. The van der Waals surface area contributed by atoms with Crippen LogP contribution >= 0.6 is 15.9 Å². The number of alkyl halides is 1. The summed E-state index contributed by atoms with van der Waals surface area (Å²) in [5, 5.41) is 22.7. The van der Waals surface area contributed by atoms with Crippen LogP contribution in [0.2, 0.25) is 0 Å². The summed E-state index contributed by atoms with van der Waals surface area (Å²) in [5.74, 6) is -0.431. The van der Waals surface area contributed by atoms with Crippen LogP contribution in [0.25, 0.3) is 0 Å². The molecule has 1 aliphatic rings. The number of nitrogens with zero attached hydrogens (tertiary/aromatic N) is 1. The van der Waals surface area contributed by atoms with E-state index in [0.29, 0.717) is 5.71 Å². The van der Waals surface area contributed by atoms with Crippen molar-refractivity contribution in [3.05, 3.63) is 60.2 Å². The summed E-state index contributed by atoms with van der Waals surface area (Å²) in [6.07, 6.45) is 6.96. The number of halogens is 1. The van der Waals surface area contributed by atoms with Gasteiger partial charge in [0.1, 0.15) is 4.51 Å². The first-order valence-electron chi connectivity index (χ1n) is 5.20. The normalized spacial score (nSPS) is 28.4. The van der Waals surface area contributed by atoms with Crippen LogP contribution in [0.15, 0.2) is 59.8 Å². The molecule has 17 heavy (non-hydrogen) atoms. The van der Waals surface area contributed by atoms with Crippen molar-refractivity contribution >= 4 is 21.6 Å². The van der Waals surface area contributed by atoms with Gasteiger partial charge in [0, 0.05) is 5.56 Å². The smallest absolute Gasteiger partial charge is 0.150 e. The van der Waals surface area contributed by atoms with Crippen LogP contribution in [0.1, 0.15) is 5.56 Å². The van der Waals surface area contributed by atoms with Gasteiger partial charge in [0.2, 0.25) is 0 Å². The summed E-state index contributed by atoms with van der Waals surface area (Å²) in [4.78, 5) is 0. The zero-order chi connectivity index (χ0) is 12.3. The molecule has 1 aliphatic carbocycles. The van der Waals surface area contributed by atoms with Crippen molar-refractivity contribution in [2.75, 3.05) is 0 Å². The van der Waals surface area contributed by atoms with Crippen molar-refractivity contribution in [2.45, 2.75) is 4.51 Å². The minimum atomic E-state index is -1.22. The molecule has 0 saturated heterocycles. The van der Waals surface area contributed by atoms with Crippen LogP contribution in [0, 0.1) is 5.92 Å². The van der Waals surface area contributed by atoms with Gasteiger partial charge in [-0.2, -0.15) is 0 Å². The molecule has 3 nitrogen and oxygen atoms in total. The summed E-state index contributed by atoms with van der Waals surface area (Å²) >= 11 is 3.22. The molecule has 0 fully saturated rings. The fraction of sp³-hybridized carbons (Fsp3) is 0.154. The minimum Gasteiger partial charge on any atom is -0.411 e. The van der Waals surface area contributed by atoms with Crippen LogP contribution in [-0.2, 0) is 0 Å². The quantitative estimate of drug-likeness (QED) is 0.381. The maximum absolute atomic E-state index is 10.2. The fourth-order valence-electron chi connectivity index (χ4n) is 1.80. The van der Waals surface area contributed by atoms with Crippen LogP contribution in [0.5, 0.6) is 0 Å². The number of hydrogen-bond donors (Lipinski definition) is 2. The second-order valence-electron chi connectivity index (χ2n) is 3.80. The van der Waals surface area contributed by atoms with Gasteiger partial charge in [0.05, 0.1) is 11.6 Å². The topological polar surface area (TPSA) is 52.8 Å². The molecule has 0 spiro atoms. The minimum absolute atomic E-state index is 0.422. The lowest BCUT2D eigenvalue weighted by Gasteiger charge is -2.28. The summed E-state index contributed by atoms with van der Waals surface area (Å²) in [5.41, 5.74) is 1.20. The van der Waals surface area contributed by atoms with Gasteiger partial charge >= 0.3 is 0 Å². The molecule has 2 unspecified atom stereocenters. The summed E-state index contributed by atoms with van der Waals surface area (Å²) in [7, 11) is 0. The SMILES string of the molecule is O/N=C(/c1ccccc1)C1C=CC=CC1(O)Br. The highest BCUT2D eigenvalue weighted by molar-refractivity contribution is 9.10. The van der Waals surface area contributed by atoms with E-state index >= 15 is 0 Å². The standard InChI is InChI=1S/C13H12BrNO2/c14-13(16)9-5-4-8-11(13)12(15-17)10-6-2-1-3-7-10/h1-9,11,16-17H/b15-12-. The van der Waals surface area contributed by atoms with Crippen molar-refractivity contribution in [2.24, 2.45) is 11.1 Å². The molecule has 0 aromatic heterocycles. The number of oxime groups is 1. The number of benzene rings is 1. The van der Waals surface area contributed by atoms with Gasteiger partial charge in [0.25, 0.3) is 0 Å². The number of aliphatic hydroxyl groups is 1. The van der Waals surface area contributed by atoms with E-state index in [9.17, 15) is 5.11 Å². The van der Waals surface area contributed by atoms with E-state index in [4.69, 9.17) is 5.21 Å². The van der Waals surface area contributed by atoms with Gasteiger partial charge in [0.15, 0.2) is 0 Å². The van der Waals surface area contributed by atoms with Gasteiger partial charge in [-0.05, 0) is 22.0 Å². The monoisotopic (exact) mass is 293 g/mol. The molecule has 2 rings (SSSR count). The second kappa shape index (κ2) is 4.85. The van der Waals surface area contributed by atoms with Crippen LogP contribution < -0.4 is 0 Å². The zero-order valence-corrected chi connectivity index (χ0v) is 10.6. The van der Waals surface area contributed by atoms with Crippen LogP contribution in [0.4, 0.5) is 0 Å². The molecule has 1 aromatic carbocycles. The maximum atomic E-state index is 10.2. The Hall–Kier alpha value is -1.39. The van der Waals surface area contributed by atoms with E-state index in [1.807, 2.05) is 36.4 Å². The first-order valence-corrected chi connectivity index (χ1v) is 5.99.